The van der Waals surface area contributed by atoms with Crippen molar-refractivity contribution < 1.29 is 17.7 Å². The fourth-order valence-electron chi connectivity index (χ4n) is 2.11. The summed E-state index contributed by atoms with van der Waals surface area (Å²) in [6, 6.07) is 7.26. The van der Waals surface area contributed by atoms with E-state index in [4.69, 9.17) is 4.52 Å². The number of para-hydroxylation sites is 1. The largest absolute Gasteiger partial charge is 0.453 e. The maximum Gasteiger partial charge on any atom is 0.453 e. The fraction of sp³-hybridized carbons (Fsp3) is 0.167. The molecule has 112 valence electrons. The molecule has 0 aliphatic rings. The molecule has 0 aliphatic heterocycles. The summed E-state index contributed by atoms with van der Waals surface area (Å²) in [4.78, 5) is 0.0927. The van der Waals surface area contributed by atoms with Crippen molar-refractivity contribution in [2.24, 2.45) is 0 Å². The molecule has 3 aromatic heterocycles. The van der Waals surface area contributed by atoms with Crippen LogP contribution >= 0.6 is 11.3 Å². The Kier molecular flexibility index (Phi) is 2.70. The van der Waals surface area contributed by atoms with Crippen LogP contribution in [-0.4, -0.2) is 25.0 Å². The van der Waals surface area contributed by atoms with Crippen LogP contribution in [0.1, 0.15) is 16.5 Å². The predicted octanol–water partition coefficient (Wildman–Crippen LogP) is 2.94. The summed E-state index contributed by atoms with van der Waals surface area (Å²) in [6.45, 7) is 0. The summed E-state index contributed by atoms with van der Waals surface area (Å²) in [5.41, 5.74) is 1.24. The number of fused-ring (bicyclic) bond motifs is 2. The second kappa shape index (κ2) is 4.50. The van der Waals surface area contributed by atoms with Crippen LogP contribution in [0.5, 0.6) is 0 Å². The molecule has 0 aliphatic carbocycles. The summed E-state index contributed by atoms with van der Waals surface area (Å²) in [6.07, 6.45) is -4.33. The highest BCUT2D eigenvalue weighted by Gasteiger charge is 2.38. The Morgan fingerprint density at radius 2 is 2.00 bits per heavy atom. The Hall–Kier alpha value is -2.49. The molecule has 4 rings (SSSR count). The fourth-order valence-corrected chi connectivity index (χ4v) is 2.95. The van der Waals surface area contributed by atoms with Crippen LogP contribution in [0.4, 0.5) is 13.2 Å². The zero-order chi connectivity index (χ0) is 15.3. The van der Waals surface area contributed by atoms with E-state index in [0.29, 0.717) is 20.8 Å². The van der Waals surface area contributed by atoms with Gasteiger partial charge in [0.15, 0.2) is 5.58 Å². The second-order valence-corrected chi connectivity index (χ2v) is 5.55. The van der Waals surface area contributed by atoms with Crippen LogP contribution in [0.25, 0.3) is 15.9 Å². The first-order chi connectivity index (χ1) is 10.5. The number of aromatic nitrogens is 5. The SMILES string of the molecule is FC(F)(F)c1nnc2sc(Cc3noc4ccccc34)nn12. The summed E-state index contributed by atoms with van der Waals surface area (Å²) in [5, 5.41) is 15.8. The minimum atomic E-state index is -4.59. The number of benzene rings is 1. The predicted molar refractivity (Wildman–Crippen MR) is 70.5 cm³/mol. The third-order valence-electron chi connectivity index (χ3n) is 3.06. The van der Waals surface area contributed by atoms with Crippen LogP contribution in [-0.2, 0) is 12.6 Å². The van der Waals surface area contributed by atoms with Crippen molar-refractivity contribution >= 4 is 27.3 Å². The summed E-state index contributed by atoms with van der Waals surface area (Å²) in [5.74, 6) is -1.13. The number of halogens is 3. The lowest BCUT2D eigenvalue weighted by Crippen LogP contribution is -2.11. The van der Waals surface area contributed by atoms with E-state index in [1.165, 1.54) is 0 Å². The molecule has 0 fully saturated rings. The third kappa shape index (κ3) is 2.03. The highest BCUT2D eigenvalue weighted by Crippen LogP contribution is 2.29. The van der Waals surface area contributed by atoms with Crippen molar-refractivity contribution in [1.29, 1.82) is 0 Å². The Bertz CT molecular complexity index is 970. The van der Waals surface area contributed by atoms with Crippen LogP contribution in [0.2, 0.25) is 0 Å². The summed E-state index contributed by atoms with van der Waals surface area (Å²) >= 11 is 1.04. The molecule has 0 amide bonds. The van der Waals surface area contributed by atoms with E-state index in [1.54, 1.807) is 6.07 Å². The van der Waals surface area contributed by atoms with Crippen LogP contribution in [0, 0.1) is 0 Å². The monoisotopic (exact) mass is 325 g/mol. The van der Waals surface area contributed by atoms with Gasteiger partial charge in [-0.1, -0.05) is 28.6 Å². The van der Waals surface area contributed by atoms with Gasteiger partial charge in [-0.15, -0.1) is 10.2 Å². The molecule has 22 heavy (non-hydrogen) atoms. The lowest BCUT2D eigenvalue weighted by atomic mass is 10.2. The maximum atomic E-state index is 12.8. The molecule has 0 N–H and O–H groups in total. The van der Waals surface area contributed by atoms with Crippen molar-refractivity contribution in [1.82, 2.24) is 25.0 Å². The molecule has 0 unspecified atom stereocenters. The molecule has 0 saturated carbocycles. The van der Waals surface area contributed by atoms with Crippen molar-refractivity contribution in [3.05, 3.63) is 40.8 Å². The quantitative estimate of drug-likeness (QED) is 0.567. The van der Waals surface area contributed by atoms with Crippen LogP contribution < -0.4 is 0 Å². The highest BCUT2D eigenvalue weighted by molar-refractivity contribution is 7.16. The van der Waals surface area contributed by atoms with Gasteiger partial charge in [0, 0.05) is 11.8 Å². The van der Waals surface area contributed by atoms with Gasteiger partial charge in [0.2, 0.25) is 4.96 Å². The van der Waals surface area contributed by atoms with Crippen LogP contribution in [0.3, 0.4) is 0 Å². The van der Waals surface area contributed by atoms with Gasteiger partial charge in [0.25, 0.3) is 5.82 Å². The van der Waals surface area contributed by atoms with E-state index in [-0.39, 0.29) is 11.4 Å². The van der Waals surface area contributed by atoms with E-state index in [2.05, 4.69) is 20.5 Å². The first-order valence-electron chi connectivity index (χ1n) is 6.14. The average Bonchev–Trinajstić information content (AvgIpc) is 3.12. The molecule has 0 spiro atoms. The molecule has 4 aromatic rings. The topological polar surface area (TPSA) is 69.1 Å². The van der Waals surface area contributed by atoms with Gasteiger partial charge in [-0.3, -0.25) is 0 Å². The summed E-state index contributed by atoms with van der Waals surface area (Å²) in [7, 11) is 0. The average molecular weight is 325 g/mol. The number of rotatable bonds is 2. The summed E-state index contributed by atoms with van der Waals surface area (Å²) < 4.78 is 44.2. The van der Waals surface area contributed by atoms with Gasteiger partial charge in [-0.25, -0.2) is 0 Å². The van der Waals surface area contributed by atoms with Crippen molar-refractivity contribution in [3.63, 3.8) is 0 Å². The number of nitrogens with zero attached hydrogens (tertiary/aromatic N) is 5. The molecule has 0 radical (unpaired) electrons. The minimum absolute atomic E-state index is 0.0927. The Labute approximate surface area is 124 Å². The molecular formula is C12H6F3N5OS. The van der Waals surface area contributed by atoms with Crippen molar-refractivity contribution in [2.75, 3.05) is 0 Å². The normalized spacial score (nSPS) is 12.5. The van der Waals surface area contributed by atoms with Gasteiger partial charge in [-0.05, 0) is 12.1 Å². The third-order valence-corrected chi connectivity index (χ3v) is 3.96. The van der Waals surface area contributed by atoms with E-state index in [0.717, 1.165) is 16.7 Å². The zero-order valence-corrected chi connectivity index (χ0v) is 11.5. The maximum absolute atomic E-state index is 12.8. The molecule has 6 nitrogen and oxygen atoms in total. The lowest BCUT2D eigenvalue weighted by Gasteiger charge is -2.00. The van der Waals surface area contributed by atoms with Gasteiger partial charge in [-0.2, -0.15) is 22.8 Å². The number of alkyl halides is 3. The van der Waals surface area contributed by atoms with E-state index in [1.807, 2.05) is 18.2 Å². The van der Waals surface area contributed by atoms with E-state index < -0.39 is 12.0 Å². The molecule has 0 bridgehead atoms. The molecular weight excluding hydrogens is 319 g/mol. The minimum Gasteiger partial charge on any atom is -0.356 e. The highest BCUT2D eigenvalue weighted by atomic mass is 32.1. The second-order valence-electron chi connectivity index (χ2n) is 4.51. The smallest absolute Gasteiger partial charge is 0.356 e. The molecule has 0 atom stereocenters. The van der Waals surface area contributed by atoms with Crippen molar-refractivity contribution in [2.45, 2.75) is 12.6 Å². The number of hydrogen-bond donors (Lipinski definition) is 0. The molecule has 3 heterocycles. The van der Waals surface area contributed by atoms with E-state index in [9.17, 15) is 13.2 Å². The Balaban J connectivity index is 1.74. The molecule has 1 aromatic carbocycles. The first-order valence-corrected chi connectivity index (χ1v) is 6.95. The van der Waals surface area contributed by atoms with Gasteiger partial charge < -0.3 is 4.52 Å². The lowest BCUT2D eigenvalue weighted by molar-refractivity contribution is -0.146. The van der Waals surface area contributed by atoms with E-state index >= 15 is 0 Å². The number of hydrogen-bond acceptors (Lipinski definition) is 6. The molecule has 0 saturated heterocycles. The van der Waals surface area contributed by atoms with Crippen LogP contribution in [0.15, 0.2) is 28.8 Å². The van der Waals surface area contributed by atoms with Crippen molar-refractivity contribution in [3.8, 4) is 0 Å². The first kappa shape index (κ1) is 13.2. The standard InChI is InChI=1S/C12H6F3N5OS/c13-12(14,15)10-16-17-11-20(10)18-9(22-11)5-7-6-3-1-2-4-8(6)21-19-7/h1-4H,5H2. The Morgan fingerprint density at radius 1 is 1.18 bits per heavy atom. The zero-order valence-electron chi connectivity index (χ0n) is 10.7. The van der Waals surface area contributed by atoms with Gasteiger partial charge in [0.1, 0.15) is 5.01 Å². The van der Waals surface area contributed by atoms with Gasteiger partial charge in [0.05, 0.1) is 5.69 Å². The Morgan fingerprint density at radius 3 is 2.82 bits per heavy atom. The molecule has 10 heteroatoms. The van der Waals surface area contributed by atoms with Gasteiger partial charge >= 0.3 is 6.18 Å².